The normalized spacial score (nSPS) is 16.0. The molecule has 2 aromatic rings. The smallest absolute Gasteiger partial charge is 0.238 e. The highest BCUT2D eigenvalue weighted by molar-refractivity contribution is 5.92. The van der Waals surface area contributed by atoms with E-state index in [-0.39, 0.29) is 24.4 Å². The van der Waals surface area contributed by atoms with E-state index in [0.717, 1.165) is 5.75 Å². The number of hydrogen-bond acceptors (Lipinski definition) is 4. The highest BCUT2D eigenvalue weighted by Crippen LogP contribution is 2.30. The number of carbonyl (C=O) groups excluding carboxylic acids is 1. The van der Waals surface area contributed by atoms with E-state index in [2.05, 4.69) is 5.32 Å². The molecular formula is C18H19FN2O3. The van der Waals surface area contributed by atoms with E-state index in [1.165, 1.54) is 12.1 Å². The van der Waals surface area contributed by atoms with Crippen LogP contribution in [0.25, 0.3) is 0 Å². The number of likely N-dealkylation sites (N-methyl/N-ethyl adjacent to an activating group) is 1. The standard InChI is InChI=1S/C18H19FN2O3/c1-21(11-18(22)20-14-6-4-5-13(19)9-14)10-15-12-23-16-7-2-3-8-17(16)24-15/h2-9,15H,10-12H2,1H3,(H,20,22)/t15-/m0/s1. The minimum absolute atomic E-state index is 0.146. The number of amides is 1. The summed E-state index contributed by atoms with van der Waals surface area (Å²) in [4.78, 5) is 13.9. The van der Waals surface area contributed by atoms with Gasteiger partial charge >= 0.3 is 0 Å². The molecule has 2 aromatic carbocycles. The average molecular weight is 330 g/mol. The maximum atomic E-state index is 13.1. The Bertz CT molecular complexity index is 723. The molecule has 126 valence electrons. The van der Waals surface area contributed by atoms with Crippen LogP contribution in [-0.4, -0.2) is 43.7 Å². The lowest BCUT2D eigenvalue weighted by Crippen LogP contribution is -2.42. The van der Waals surface area contributed by atoms with Gasteiger partial charge in [-0.05, 0) is 37.4 Å². The molecule has 1 aliphatic rings. The van der Waals surface area contributed by atoms with E-state index in [1.807, 2.05) is 36.2 Å². The third kappa shape index (κ3) is 4.23. The van der Waals surface area contributed by atoms with E-state index in [4.69, 9.17) is 9.47 Å². The summed E-state index contributed by atoms with van der Waals surface area (Å²) in [5.74, 6) is 0.861. The summed E-state index contributed by atoms with van der Waals surface area (Å²) in [6.45, 7) is 1.16. The Morgan fingerprint density at radius 2 is 2.04 bits per heavy atom. The summed E-state index contributed by atoms with van der Waals surface area (Å²) in [5, 5.41) is 2.67. The molecule has 6 heteroatoms. The maximum absolute atomic E-state index is 13.1. The van der Waals surface area contributed by atoms with Crippen LogP contribution in [0.5, 0.6) is 11.5 Å². The van der Waals surface area contributed by atoms with Crippen LogP contribution < -0.4 is 14.8 Å². The van der Waals surface area contributed by atoms with Gasteiger partial charge < -0.3 is 14.8 Å². The fourth-order valence-corrected chi connectivity index (χ4v) is 2.58. The minimum atomic E-state index is -0.382. The number of para-hydroxylation sites is 2. The third-order valence-corrected chi connectivity index (χ3v) is 3.60. The van der Waals surface area contributed by atoms with Gasteiger partial charge in [0.25, 0.3) is 0 Å². The Kier molecular flexibility index (Phi) is 4.96. The average Bonchev–Trinajstić information content (AvgIpc) is 2.54. The number of hydrogen-bond donors (Lipinski definition) is 1. The Morgan fingerprint density at radius 1 is 1.25 bits per heavy atom. The Balaban J connectivity index is 1.49. The number of halogens is 1. The predicted molar refractivity (Wildman–Crippen MR) is 88.9 cm³/mol. The van der Waals surface area contributed by atoms with Crippen LogP contribution in [0, 0.1) is 5.82 Å². The van der Waals surface area contributed by atoms with Gasteiger partial charge in [0.05, 0.1) is 6.54 Å². The van der Waals surface area contributed by atoms with Crippen LogP contribution >= 0.6 is 0 Å². The SMILES string of the molecule is CN(CC(=O)Nc1cccc(F)c1)C[C@H]1COc2ccccc2O1. The lowest BCUT2D eigenvalue weighted by molar-refractivity contribution is -0.117. The van der Waals surface area contributed by atoms with Crippen molar-refractivity contribution in [2.24, 2.45) is 0 Å². The second-order valence-corrected chi connectivity index (χ2v) is 5.75. The van der Waals surface area contributed by atoms with Gasteiger partial charge in [0.15, 0.2) is 11.5 Å². The number of carbonyl (C=O) groups is 1. The summed E-state index contributed by atoms with van der Waals surface area (Å²) in [5.41, 5.74) is 0.444. The zero-order valence-electron chi connectivity index (χ0n) is 13.4. The number of ether oxygens (including phenoxy) is 2. The zero-order chi connectivity index (χ0) is 16.9. The molecule has 1 amide bonds. The molecule has 0 spiro atoms. The minimum Gasteiger partial charge on any atom is -0.486 e. The van der Waals surface area contributed by atoms with E-state index in [9.17, 15) is 9.18 Å². The number of rotatable bonds is 5. The molecule has 1 N–H and O–H groups in total. The summed E-state index contributed by atoms with van der Waals surface area (Å²) in [7, 11) is 1.83. The highest BCUT2D eigenvalue weighted by Gasteiger charge is 2.22. The molecule has 0 fully saturated rings. The van der Waals surface area contributed by atoms with Crippen molar-refractivity contribution < 1.29 is 18.7 Å². The molecular weight excluding hydrogens is 311 g/mol. The molecule has 1 atom stereocenters. The molecule has 1 heterocycles. The fraction of sp³-hybridized carbons (Fsp3) is 0.278. The monoisotopic (exact) mass is 330 g/mol. The molecule has 5 nitrogen and oxygen atoms in total. The first-order valence-electron chi connectivity index (χ1n) is 7.72. The van der Waals surface area contributed by atoms with Gasteiger partial charge in [0, 0.05) is 12.2 Å². The highest BCUT2D eigenvalue weighted by atomic mass is 19.1. The maximum Gasteiger partial charge on any atom is 0.238 e. The van der Waals surface area contributed by atoms with Crippen molar-refractivity contribution in [3.63, 3.8) is 0 Å². The lowest BCUT2D eigenvalue weighted by atomic mass is 10.2. The van der Waals surface area contributed by atoms with Crippen molar-refractivity contribution in [1.29, 1.82) is 0 Å². The van der Waals surface area contributed by atoms with Gasteiger partial charge in [-0.1, -0.05) is 18.2 Å². The number of nitrogens with one attached hydrogen (secondary N) is 1. The van der Waals surface area contributed by atoms with Gasteiger partial charge in [0.2, 0.25) is 5.91 Å². The zero-order valence-corrected chi connectivity index (χ0v) is 13.4. The van der Waals surface area contributed by atoms with Crippen molar-refractivity contribution in [2.75, 3.05) is 32.1 Å². The first-order valence-corrected chi connectivity index (χ1v) is 7.72. The molecule has 0 aliphatic carbocycles. The van der Waals surface area contributed by atoms with Crippen molar-refractivity contribution in [3.05, 3.63) is 54.3 Å². The van der Waals surface area contributed by atoms with E-state index >= 15 is 0 Å². The molecule has 3 rings (SSSR count). The topological polar surface area (TPSA) is 50.8 Å². The molecule has 0 radical (unpaired) electrons. The quantitative estimate of drug-likeness (QED) is 0.915. The second-order valence-electron chi connectivity index (χ2n) is 5.75. The van der Waals surface area contributed by atoms with Crippen LogP contribution in [0.3, 0.4) is 0 Å². The molecule has 0 saturated heterocycles. The number of nitrogens with zero attached hydrogens (tertiary/aromatic N) is 1. The largest absolute Gasteiger partial charge is 0.486 e. The van der Waals surface area contributed by atoms with Crippen molar-refractivity contribution >= 4 is 11.6 Å². The van der Waals surface area contributed by atoms with E-state index in [1.54, 1.807) is 12.1 Å². The summed E-state index contributed by atoms with van der Waals surface area (Å²) >= 11 is 0. The molecule has 0 unspecified atom stereocenters. The summed E-state index contributed by atoms with van der Waals surface area (Å²) < 4.78 is 24.6. The van der Waals surface area contributed by atoms with Gasteiger partial charge in [-0.15, -0.1) is 0 Å². The Labute approximate surface area is 140 Å². The van der Waals surface area contributed by atoms with Crippen LogP contribution in [0.4, 0.5) is 10.1 Å². The number of benzene rings is 2. The number of anilines is 1. The second kappa shape index (κ2) is 7.31. The predicted octanol–water partition coefficient (Wildman–Crippen LogP) is 2.54. The molecule has 0 saturated carbocycles. The third-order valence-electron chi connectivity index (χ3n) is 3.60. The van der Waals surface area contributed by atoms with Gasteiger partial charge in [-0.25, -0.2) is 4.39 Å². The fourth-order valence-electron chi connectivity index (χ4n) is 2.58. The first-order chi connectivity index (χ1) is 11.6. The van der Waals surface area contributed by atoms with E-state index in [0.29, 0.717) is 24.6 Å². The molecule has 0 aromatic heterocycles. The van der Waals surface area contributed by atoms with Crippen LogP contribution in [0.15, 0.2) is 48.5 Å². The first kappa shape index (κ1) is 16.3. The van der Waals surface area contributed by atoms with Crippen molar-refractivity contribution in [2.45, 2.75) is 6.10 Å². The van der Waals surface area contributed by atoms with Gasteiger partial charge in [0.1, 0.15) is 18.5 Å². The van der Waals surface area contributed by atoms with Crippen molar-refractivity contribution in [1.82, 2.24) is 4.90 Å². The summed E-state index contributed by atoms with van der Waals surface area (Å²) in [6, 6.07) is 13.3. The van der Waals surface area contributed by atoms with Crippen molar-refractivity contribution in [3.8, 4) is 11.5 Å². The van der Waals surface area contributed by atoms with E-state index < -0.39 is 0 Å². The Hall–Kier alpha value is -2.60. The lowest BCUT2D eigenvalue weighted by Gasteiger charge is -2.29. The van der Waals surface area contributed by atoms with Crippen LogP contribution in [0.2, 0.25) is 0 Å². The molecule has 1 aliphatic heterocycles. The summed E-state index contributed by atoms with van der Waals surface area (Å²) in [6.07, 6.45) is -0.146. The van der Waals surface area contributed by atoms with Gasteiger partial charge in [-0.2, -0.15) is 0 Å². The molecule has 24 heavy (non-hydrogen) atoms. The Morgan fingerprint density at radius 3 is 2.83 bits per heavy atom. The number of fused-ring (bicyclic) bond motifs is 1. The molecule has 0 bridgehead atoms. The van der Waals surface area contributed by atoms with Crippen LogP contribution in [-0.2, 0) is 4.79 Å². The van der Waals surface area contributed by atoms with Crippen LogP contribution in [0.1, 0.15) is 0 Å². The van der Waals surface area contributed by atoms with Gasteiger partial charge in [-0.3, -0.25) is 9.69 Å².